The maximum atomic E-state index is 9.60. The van der Waals surface area contributed by atoms with Crippen LogP contribution in [0.3, 0.4) is 0 Å². The Bertz CT molecular complexity index is 414. The van der Waals surface area contributed by atoms with Crippen molar-refractivity contribution >= 4 is 5.69 Å². The number of anilines is 1. The smallest absolute Gasteiger partial charge is 0.142 e. The van der Waals surface area contributed by atoms with Gasteiger partial charge in [-0.05, 0) is 37.8 Å². The van der Waals surface area contributed by atoms with Gasteiger partial charge < -0.3 is 19.5 Å². The van der Waals surface area contributed by atoms with Crippen LogP contribution >= 0.6 is 0 Å². The van der Waals surface area contributed by atoms with Gasteiger partial charge in [-0.2, -0.15) is 0 Å². The van der Waals surface area contributed by atoms with Crippen LogP contribution in [0.15, 0.2) is 18.2 Å². The van der Waals surface area contributed by atoms with E-state index in [0.29, 0.717) is 6.04 Å². The monoisotopic (exact) mass is 265 g/mol. The molecule has 1 saturated carbocycles. The molecule has 0 amide bonds. The number of aliphatic hydroxyl groups excluding tert-OH is 1. The molecular weight excluding hydrogens is 242 g/mol. The van der Waals surface area contributed by atoms with Crippen molar-refractivity contribution in [3.63, 3.8) is 0 Å². The van der Waals surface area contributed by atoms with Crippen molar-refractivity contribution in [3.8, 4) is 11.5 Å². The third-order valence-electron chi connectivity index (χ3n) is 3.98. The van der Waals surface area contributed by atoms with Gasteiger partial charge in [-0.1, -0.05) is 0 Å². The van der Waals surface area contributed by atoms with E-state index in [1.807, 2.05) is 18.2 Å². The van der Waals surface area contributed by atoms with Crippen molar-refractivity contribution in [1.29, 1.82) is 0 Å². The highest BCUT2D eigenvalue weighted by molar-refractivity contribution is 5.61. The first-order valence-electron chi connectivity index (χ1n) is 6.78. The predicted molar refractivity (Wildman–Crippen MR) is 76.2 cm³/mol. The number of methoxy groups -OCH3 is 2. The van der Waals surface area contributed by atoms with E-state index in [9.17, 15) is 5.11 Å². The normalized spacial score (nSPS) is 22.9. The summed E-state index contributed by atoms with van der Waals surface area (Å²) >= 11 is 0. The first kappa shape index (κ1) is 14.0. The van der Waals surface area contributed by atoms with Crippen molar-refractivity contribution in [3.05, 3.63) is 18.2 Å². The molecule has 106 valence electrons. The zero-order chi connectivity index (χ0) is 13.8. The number of ether oxygens (including phenoxy) is 2. The Morgan fingerprint density at radius 1 is 1.11 bits per heavy atom. The Kier molecular flexibility index (Phi) is 4.53. The zero-order valence-electron chi connectivity index (χ0n) is 11.9. The molecule has 1 aliphatic rings. The largest absolute Gasteiger partial charge is 0.497 e. The molecule has 4 nitrogen and oxygen atoms in total. The van der Waals surface area contributed by atoms with Crippen LogP contribution in [0.1, 0.15) is 25.7 Å². The van der Waals surface area contributed by atoms with Gasteiger partial charge in [0.2, 0.25) is 0 Å². The van der Waals surface area contributed by atoms with Crippen molar-refractivity contribution in [1.82, 2.24) is 0 Å². The van der Waals surface area contributed by atoms with E-state index in [2.05, 4.69) is 11.9 Å². The molecule has 2 rings (SSSR count). The van der Waals surface area contributed by atoms with E-state index >= 15 is 0 Å². The van der Waals surface area contributed by atoms with Crippen molar-refractivity contribution in [2.75, 3.05) is 26.2 Å². The van der Waals surface area contributed by atoms with E-state index < -0.39 is 0 Å². The van der Waals surface area contributed by atoms with Gasteiger partial charge in [-0.3, -0.25) is 0 Å². The average Bonchev–Trinajstić information content (AvgIpc) is 2.46. The van der Waals surface area contributed by atoms with Gasteiger partial charge in [0.1, 0.15) is 11.5 Å². The lowest BCUT2D eigenvalue weighted by Gasteiger charge is -2.35. The zero-order valence-corrected chi connectivity index (χ0v) is 11.9. The van der Waals surface area contributed by atoms with Crippen molar-refractivity contribution in [2.45, 2.75) is 37.8 Å². The van der Waals surface area contributed by atoms with Gasteiger partial charge in [0.05, 0.1) is 26.0 Å². The molecule has 0 bridgehead atoms. The van der Waals surface area contributed by atoms with Gasteiger partial charge in [0, 0.05) is 19.2 Å². The second-order valence-corrected chi connectivity index (χ2v) is 5.11. The van der Waals surface area contributed by atoms with Crippen molar-refractivity contribution in [2.24, 2.45) is 0 Å². The third-order valence-corrected chi connectivity index (χ3v) is 3.98. The van der Waals surface area contributed by atoms with Crippen LogP contribution in [0.5, 0.6) is 11.5 Å². The van der Waals surface area contributed by atoms with Crippen LogP contribution in [-0.4, -0.2) is 38.5 Å². The maximum Gasteiger partial charge on any atom is 0.142 e. The fourth-order valence-electron chi connectivity index (χ4n) is 2.71. The van der Waals surface area contributed by atoms with Gasteiger partial charge in [0.25, 0.3) is 0 Å². The van der Waals surface area contributed by atoms with E-state index in [4.69, 9.17) is 9.47 Å². The summed E-state index contributed by atoms with van der Waals surface area (Å²) in [5.74, 6) is 1.69. The lowest BCUT2D eigenvalue weighted by Crippen LogP contribution is -2.36. The summed E-state index contributed by atoms with van der Waals surface area (Å²) in [6.07, 6.45) is 3.65. The molecule has 1 fully saturated rings. The first-order valence-corrected chi connectivity index (χ1v) is 6.78. The fourth-order valence-corrected chi connectivity index (χ4v) is 2.71. The van der Waals surface area contributed by atoms with Gasteiger partial charge in [0.15, 0.2) is 0 Å². The number of hydrogen-bond donors (Lipinski definition) is 1. The molecule has 19 heavy (non-hydrogen) atoms. The quantitative estimate of drug-likeness (QED) is 0.908. The first-order chi connectivity index (χ1) is 9.15. The van der Waals surface area contributed by atoms with Crippen LogP contribution in [0.25, 0.3) is 0 Å². The molecule has 0 unspecified atom stereocenters. The highest BCUT2D eigenvalue weighted by Gasteiger charge is 2.24. The highest BCUT2D eigenvalue weighted by Crippen LogP contribution is 2.35. The predicted octanol–water partition coefficient (Wildman–Crippen LogP) is 2.44. The molecule has 0 heterocycles. The second kappa shape index (κ2) is 6.15. The minimum Gasteiger partial charge on any atom is -0.497 e. The maximum absolute atomic E-state index is 9.60. The van der Waals surface area contributed by atoms with E-state index in [-0.39, 0.29) is 6.10 Å². The number of benzene rings is 1. The molecule has 1 aliphatic carbocycles. The summed E-state index contributed by atoms with van der Waals surface area (Å²) in [5, 5.41) is 9.60. The van der Waals surface area contributed by atoms with E-state index in [1.165, 1.54) is 0 Å². The number of rotatable bonds is 4. The van der Waals surface area contributed by atoms with Crippen LogP contribution in [0.2, 0.25) is 0 Å². The molecule has 0 aliphatic heterocycles. The number of hydrogen-bond acceptors (Lipinski definition) is 4. The van der Waals surface area contributed by atoms with Crippen LogP contribution < -0.4 is 14.4 Å². The minimum atomic E-state index is -0.128. The summed E-state index contributed by atoms with van der Waals surface area (Å²) < 4.78 is 10.7. The molecule has 0 atom stereocenters. The Morgan fingerprint density at radius 3 is 2.37 bits per heavy atom. The summed E-state index contributed by atoms with van der Waals surface area (Å²) in [5.41, 5.74) is 1.04. The Labute approximate surface area is 114 Å². The molecule has 1 aromatic rings. The lowest BCUT2D eigenvalue weighted by atomic mass is 9.92. The molecule has 1 aromatic carbocycles. The van der Waals surface area contributed by atoms with Crippen LogP contribution in [-0.2, 0) is 0 Å². The van der Waals surface area contributed by atoms with Gasteiger partial charge in [-0.15, -0.1) is 0 Å². The third kappa shape index (κ3) is 3.13. The summed E-state index contributed by atoms with van der Waals surface area (Å²) in [7, 11) is 5.44. The minimum absolute atomic E-state index is 0.128. The Balaban J connectivity index is 2.19. The number of nitrogens with zero attached hydrogens (tertiary/aromatic N) is 1. The SMILES string of the molecule is COc1ccc(OC)c(N(C)C2CCC(O)CC2)c1. The fraction of sp³-hybridized carbons (Fsp3) is 0.600. The molecule has 0 radical (unpaired) electrons. The molecule has 0 saturated heterocycles. The average molecular weight is 265 g/mol. The van der Waals surface area contributed by atoms with Crippen molar-refractivity contribution < 1.29 is 14.6 Å². The van der Waals surface area contributed by atoms with E-state index in [0.717, 1.165) is 42.9 Å². The Morgan fingerprint density at radius 2 is 1.79 bits per heavy atom. The molecule has 1 N–H and O–H groups in total. The highest BCUT2D eigenvalue weighted by atomic mass is 16.5. The number of aliphatic hydroxyl groups is 1. The molecular formula is C15H23NO3. The lowest BCUT2D eigenvalue weighted by molar-refractivity contribution is 0.122. The van der Waals surface area contributed by atoms with Gasteiger partial charge in [-0.25, -0.2) is 0 Å². The molecule has 4 heteroatoms. The second-order valence-electron chi connectivity index (χ2n) is 5.11. The summed E-state index contributed by atoms with van der Waals surface area (Å²) in [6, 6.07) is 6.29. The summed E-state index contributed by atoms with van der Waals surface area (Å²) in [4.78, 5) is 2.24. The topological polar surface area (TPSA) is 41.9 Å². The van der Waals surface area contributed by atoms with Crippen LogP contribution in [0, 0.1) is 0 Å². The van der Waals surface area contributed by atoms with E-state index in [1.54, 1.807) is 14.2 Å². The molecule has 0 aromatic heterocycles. The van der Waals surface area contributed by atoms with Crippen LogP contribution in [0.4, 0.5) is 5.69 Å². The molecule has 0 spiro atoms. The summed E-state index contributed by atoms with van der Waals surface area (Å²) in [6.45, 7) is 0. The Hall–Kier alpha value is -1.42. The standard InChI is InChI=1S/C15H23NO3/c1-16(11-4-6-12(17)7-5-11)14-10-13(18-2)8-9-15(14)19-3/h8-12,17H,4-7H2,1-3H3. The van der Waals surface area contributed by atoms with Gasteiger partial charge >= 0.3 is 0 Å².